The van der Waals surface area contributed by atoms with Crippen LogP contribution in [0.5, 0.6) is 0 Å². The number of aryl methyl sites for hydroxylation is 1. The lowest BCUT2D eigenvalue weighted by atomic mass is 10.1. The largest absolute Gasteiger partial charge is 0.312 e. The summed E-state index contributed by atoms with van der Waals surface area (Å²) in [6, 6.07) is 7.93. The van der Waals surface area contributed by atoms with Gasteiger partial charge in [0.2, 0.25) is 16.9 Å². The molecule has 1 fully saturated rings. The molecule has 6 nitrogen and oxygen atoms in total. The first-order valence-corrected chi connectivity index (χ1v) is 9.24. The van der Waals surface area contributed by atoms with Gasteiger partial charge in [-0.3, -0.25) is 9.59 Å². The lowest BCUT2D eigenvalue weighted by Gasteiger charge is -2.16. The molecule has 2 heterocycles. The second kappa shape index (κ2) is 7.31. The Morgan fingerprint density at radius 1 is 1.40 bits per heavy atom. The van der Waals surface area contributed by atoms with E-state index in [9.17, 15) is 9.59 Å². The Bertz CT molecular complexity index is 787. The van der Waals surface area contributed by atoms with Crippen molar-refractivity contribution in [3.8, 4) is 0 Å². The highest BCUT2D eigenvalue weighted by atomic mass is 32.1. The van der Waals surface area contributed by atoms with Crippen molar-refractivity contribution in [2.24, 2.45) is 5.92 Å². The minimum absolute atomic E-state index is 0.0151. The lowest BCUT2D eigenvalue weighted by molar-refractivity contribution is -0.117. The maximum absolute atomic E-state index is 12.4. The molecule has 1 N–H and O–H groups in total. The van der Waals surface area contributed by atoms with E-state index in [-0.39, 0.29) is 17.7 Å². The zero-order chi connectivity index (χ0) is 18.0. The fourth-order valence-corrected chi connectivity index (χ4v) is 3.76. The first kappa shape index (κ1) is 17.5. The number of benzene rings is 1. The van der Waals surface area contributed by atoms with E-state index in [1.165, 1.54) is 11.3 Å². The molecule has 0 aliphatic carbocycles. The number of hydrogen-bond donors (Lipinski definition) is 1. The molecule has 1 aliphatic rings. The minimum atomic E-state index is -0.0541. The summed E-state index contributed by atoms with van der Waals surface area (Å²) >= 11 is 1.35. The molecule has 1 saturated heterocycles. The minimum Gasteiger partial charge on any atom is -0.312 e. The Morgan fingerprint density at radius 2 is 2.20 bits per heavy atom. The first-order valence-electron chi connectivity index (χ1n) is 8.42. The van der Waals surface area contributed by atoms with Gasteiger partial charge in [0.05, 0.1) is 0 Å². The molecule has 0 bridgehead atoms. The van der Waals surface area contributed by atoms with E-state index >= 15 is 0 Å². The third-order valence-electron chi connectivity index (χ3n) is 4.07. The number of rotatable bonds is 5. The van der Waals surface area contributed by atoms with Gasteiger partial charge in [0.25, 0.3) is 0 Å². The first-order chi connectivity index (χ1) is 11.9. The normalized spacial score (nSPS) is 17.4. The van der Waals surface area contributed by atoms with Gasteiger partial charge < -0.3 is 10.2 Å². The summed E-state index contributed by atoms with van der Waals surface area (Å²) < 4.78 is 0. The molecule has 0 saturated carbocycles. The van der Waals surface area contributed by atoms with E-state index in [0.29, 0.717) is 30.4 Å². The molecule has 2 amide bonds. The van der Waals surface area contributed by atoms with Crippen molar-refractivity contribution in [1.82, 2.24) is 10.2 Å². The van der Waals surface area contributed by atoms with Crippen LogP contribution in [0.25, 0.3) is 0 Å². The third kappa shape index (κ3) is 4.22. The molecule has 0 radical (unpaired) electrons. The van der Waals surface area contributed by atoms with Crippen molar-refractivity contribution >= 4 is 34.0 Å². The number of aromatic nitrogens is 2. The van der Waals surface area contributed by atoms with Crippen LogP contribution < -0.4 is 10.2 Å². The van der Waals surface area contributed by atoms with Gasteiger partial charge in [-0.2, -0.15) is 0 Å². The van der Waals surface area contributed by atoms with E-state index in [2.05, 4.69) is 15.5 Å². The average molecular weight is 358 g/mol. The maximum atomic E-state index is 12.4. The van der Waals surface area contributed by atoms with Gasteiger partial charge in [-0.25, -0.2) is 0 Å². The highest BCUT2D eigenvalue weighted by Crippen LogP contribution is 2.34. The predicted octanol–water partition coefficient (Wildman–Crippen LogP) is 3.35. The lowest BCUT2D eigenvalue weighted by Crippen LogP contribution is -2.24. The summed E-state index contributed by atoms with van der Waals surface area (Å²) in [5.41, 5.74) is 2.04. The number of nitrogens with zero attached hydrogens (tertiary/aromatic N) is 3. The summed E-state index contributed by atoms with van der Waals surface area (Å²) in [7, 11) is 0. The molecular formula is C18H22N4O2S. The molecular weight excluding hydrogens is 336 g/mol. The standard InChI is InChI=1S/C18H22N4O2S/c1-11(2)7-15(23)19-18-21-20-17(25-18)13-9-16(24)22(10-13)14-6-4-5-12(3)8-14/h4-6,8,11,13H,7,9-10H2,1-3H3,(H,19,21,23). The molecule has 1 aliphatic heterocycles. The summed E-state index contributed by atoms with van der Waals surface area (Å²) in [6.07, 6.45) is 0.875. The van der Waals surface area contributed by atoms with Gasteiger partial charge in [0, 0.05) is 31.0 Å². The van der Waals surface area contributed by atoms with Crippen molar-refractivity contribution in [2.75, 3.05) is 16.8 Å². The van der Waals surface area contributed by atoms with Crippen LogP contribution in [0, 0.1) is 12.8 Å². The number of nitrogens with one attached hydrogen (secondary N) is 1. The number of amides is 2. The van der Waals surface area contributed by atoms with Crippen LogP contribution in [0.15, 0.2) is 24.3 Å². The van der Waals surface area contributed by atoms with E-state index in [0.717, 1.165) is 16.3 Å². The van der Waals surface area contributed by atoms with Gasteiger partial charge in [-0.05, 0) is 30.5 Å². The molecule has 1 unspecified atom stereocenters. The summed E-state index contributed by atoms with van der Waals surface area (Å²) in [5, 5.41) is 12.3. The van der Waals surface area contributed by atoms with Crippen LogP contribution >= 0.6 is 11.3 Å². The summed E-state index contributed by atoms with van der Waals surface area (Å²) in [5.74, 6) is 0.349. The highest BCUT2D eigenvalue weighted by Gasteiger charge is 2.34. The van der Waals surface area contributed by atoms with Crippen LogP contribution in [-0.2, 0) is 9.59 Å². The monoisotopic (exact) mass is 358 g/mol. The van der Waals surface area contributed by atoms with Crippen molar-refractivity contribution in [2.45, 2.75) is 39.5 Å². The Balaban J connectivity index is 1.68. The fraction of sp³-hybridized carbons (Fsp3) is 0.444. The quantitative estimate of drug-likeness (QED) is 0.889. The number of anilines is 2. The zero-order valence-corrected chi connectivity index (χ0v) is 15.5. The molecule has 25 heavy (non-hydrogen) atoms. The smallest absolute Gasteiger partial charge is 0.227 e. The van der Waals surface area contributed by atoms with E-state index in [1.54, 1.807) is 4.90 Å². The van der Waals surface area contributed by atoms with Crippen molar-refractivity contribution in [3.05, 3.63) is 34.8 Å². The van der Waals surface area contributed by atoms with Crippen LogP contribution in [0.2, 0.25) is 0 Å². The molecule has 1 aromatic heterocycles. The van der Waals surface area contributed by atoms with Gasteiger partial charge in [0.15, 0.2) is 0 Å². The molecule has 132 valence electrons. The number of carbonyl (C=O) groups is 2. The van der Waals surface area contributed by atoms with Crippen molar-refractivity contribution in [1.29, 1.82) is 0 Å². The SMILES string of the molecule is Cc1cccc(N2CC(c3nnc(NC(=O)CC(C)C)s3)CC2=O)c1. The summed E-state index contributed by atoms with van der Waals surface area (Å²) in [6.45, 7) is 6.60. The zero-order valence-electron chi connectivity index (χ0n) is 14.7. The average Bonchev–Trinajstić information content (AvgIpc) is 3.13. The van der Waals surface area contributed by atoms with Gasteiger partial charge in [-0.15, -0.1) is 10.2 Å². The second-order valence-corrected chi connectivity index (χ2v) is 7.85. The van der Waals surface area contributed by atoms with Gasteiger partial charge in [-0.1, -0.05) is 37.3 Å². The molecule has 1 atom stereocenters. The van der Waals surface area contributed by atoms with Crippen LogP contribution in [0.3, 0.4) is 0 Å². The Hall–Kier alpha value is -2.28. The maximum Gasteiger partial charge on any atom is 0.227 e. The van der Waals surface area contributed by atoms with Crippen LogP contribution in [-0.4, -0.2) is 28.6 Å². The molecule has 2 aromatic rings. The number of carbonyl (C=O) groups excluding carboxylic acids is 2. The van der Waals surface area contributed by atoms with Gasteiger partial charge in [0.1, 0.15) is 5.01 Å². The van der Waals surface area contributed by atoms with Crippen molar-refractivity contribution in [3.63, 3.8) is 0 Å². The molecule has 3 rings (SSSR count). The predicted molar refractivity (Wildman–Crippen MR) is 98.9 cm³/mol. The molecule has 1 aromatic carbocycles. The topological polar surface area (TPSA) is 75.2 Å². The molecule has 0 spiro atoms. The number of hydrogen-bond acceptors (Lipinski definition) is 5. The summed E-state index contributed by atoms with van der Waals surface area (Å²) in [4.78, 5) is 26.0. The Morgan fingerprint density at radius 3 is 2.92 bits per heavy atom. The van der Waals surface area contributed by atoms with E-state index in [1.807, 2.05) is 45.0 Å². The van der Waals surface area contributed by atoms with Crippen LogP contribution in [0.1, 0.15) is 43.2 Å². The molecule has 7 heteroatoms. The third-order valence-corrected chi connectivity index (χ3v) is 5.07. The Labute approximate surface area is 151 Å². The van der Waals surface area contributed by atoms with E-state index in [4.69, 9.17) is 0 Å². The highest BCUT2D eigenvalue weighted by molar-refractivity contribution is 7.15. The van der Waals surface area contributed by atoms with Crippen molar-refractivity contribution < 1.29 is 9.59 Å². The Kier molecular flexibility index (Phi) is 5.13. The second-order valence-electron chi connectivity index (χ2n) is 6.84. The van der Waals surface area contributed by atoms with Crippen LogP contribution in [0.4, 0.5) is 10.8 Å². The fourth-order valence-electron chi connectivity index (χ4n) is 2.91. The van der Waals surface area contributed by atoms with Gasteiger partial charge >= 0.3 is 0 Å². The van der Waals surface area contributed by atoms with E-state index < -0.39 is 0 Å².